The van der Waals surface area contributed by atoms with Crippen molar-refractivity contribution in [2.24, 2.45) is 0 Å². The maximum atomic E-state index is 2.80. The molecule has 6 aliphatic rings. The van der Waals surface area contributed by atoms with Gasteiger partial charge in [0.05, 0.1) is 48.5 Å². The molecule has 1 aromatic rings. The molecule has 5 heteroatoms. The molecule has 6 aliphatic carbocycles. The SMILES string of the molecule is [I][Ru][I].c1ccc(C([P+](C2CCCCC2)(C2CCCCC2)C2CCCCC2)[P+](C2CCCCC2)(C2CCCCC2)C2CCCCC2)cc1. The summed E-state index contributed by atoms with van der Waals surface area (Å²) in [6, 6.07) is 13.1. The van der Waals surface area contributed by atoms with Gasteiger partial charge in [-0.05, 0) is 154 Å². The zero-order valence-electron chi connectivity index (χ0n) is 30.6. The van der Waals surface area contributed by atoms with E-state index in [0.717, 1.165) is 39.4 Å². The summed E-state index contributed by atoms with van der Waals surface area (Å²) in [7, 11) is -2.00. The van der Waals surface area contributed by atoms with Gasteiger partial charge in [0, 0.05) is 5.56 Å². The van der Waals surface area contributed by atoms with Crippen LogP contribution in [0.5, 0.6) is 0 Å². The first-order valence-corrected chi connectivity index (χ1v) is 35.9. The molecule has 0 amide bonds. The molecule has 0 N–H and O–H groups in total. The van der Waals surface area contributed by atoms with E-state index >= 15 is 0 Å². The molecule has 274 valence electrons. The molecule has 6 fully saturated rings. The maximum Gasteiger partial charge on any atom is 0.194 e. The van der Waals surface area contributed by atoms with E-state index in [-0.39, 0.29) is 0 Å². The molecule has 0 saturated heterocycles. The Bertz CT molecular complexity index is 863. The Morgan fingerprint density at radius 2 is 0.583 bits per heavy atom. The second-order valence-corrected chi connectivity index (χ2v) is 40.2. The Kier molecular flexibility index (Phi) is 17.2. The summed E-state index contributed by atoms with van der Waals surface area (Å²) in [6.07, 6.45) is 47.6. The van der Waals surface area contributed by atoms with Crippen molar-refractivity contribution in [3.8, 4) is 0 Å². The van der Waals surface area contributed by atoms with Crippen molar-refractivity contribution < 1.29 is 10.1 Å². The molecule has 0 aromatic heterocycles. The Morgan fingerprint density at radius 1 is 0.375 bits per heavy atom. The van der Waals surface area contributed by atoms with Crippen molar-refractivity contribution in [2.75, 3.05) is 0 Å². The predicted octanol–water partition coefficient (Wildman–Crippen LogP) is 16.5. The number of benzene rings is 1. The van der Waals surface area contributed by atoms with E-state index in [2.05, 4.69) is 69.8 Å². The zero-order chi connectivity index (χ0) is 33.1. The minimum absolute atomic E-state index is 0.650. The summed E-state index contributed by atoms with van der Waals surface area (Å²) in [6.45, 7) is 0. The third-order valence-corrected chi connectivity index (χ3v) is 30.6. The van der Waals surface area contributed by atoms with Crippen LogP contribution in [0.25, 0.3) is 0 Å². The minimum atomic E-state index is -1.33. The molecule has 0 aliphatic heterocycles. The molecule has 7 rings (SSSR count). The number of halogens is 2. The van der Waals surface area contributed by atoms with Gasteiger partial charge in [-0.25, -0.2) is 0 Å². The first kappa shape index (κ1) is 39.8. The van der Waals surface area contributed by atoms with Crippen LogP contribution in [0.3, 0.4) is 0 Å². The van der Waals surface area contributed by atoms with Crippen LogP contribution in [0.1, 0.15) is 204 Å². The van der Waals surface area contributed by atoms with Crippen molar-refractivity contribution in [3.63, 3.8) is 0 Å². The fraction of sp³-hybridized carbons (Fsp3) is 0.860. The van der Waals surface area contributed by atoms with Gasteiger partial charge in [-0.2, -0.15) is 0 Å². The largest absolute Gasteiger partial charge is 0.194 e. The molecule has 0 bridgehead atoms. The van der Waals surface area contributed by atoms with E-state index in [1.807, 2.05) is 5.56 Å². The normalized spacial score (nSPS) is 26.0. The summed E-state index contributed by atoms with van der Waals surface area (Å²) in [4.78, 5) is 0. The Morgan fingerprint density at radius 3 is 0.792 bits per heavy atom. The van der Waals surface area contributed by atoms with Crippen molar-refractivity contribution >= 4 is 54.0 Å². The van der Waals surface area contributed by atoms with Crippen LogP contribution < -0.4 is 0 Å². The van der Waals surface area contributed by atoms with E-state index < -0.39 is 14.5 Å². The van der Waals surface area contributed by atoms with Crippen LogP contribution in [-0.2, 0) is 10.1 Å². The maximum absolute atomic E-state index is 2.80. The van der Waals surface area contributed by atoms with Gasteiger partial charge < -0.3 is 0 Å². The quantitative estimate of drug-likeness (QED) is 0.131. The van der Waals surface area contributed by atoms with Gasteiger partial charge in [0.2, 0.25) is 0 Å². The van der Waals surface area contributed by atoms with Gasteiger partial charge in [-0.3, -0.25) is 0 Å². The smallest absolute Gasteiger partial charge is 0.0622 e. The molecular weight excluding hydrogens is 933 g/mol. The fourth-order valence-electron chi connectivity index (χ4n) is 13.6. The van der Waals surface area contributed by atoms with Crippen LogP contribution in [0, 0.1) is 0 Å². The van der Waals surface area contributed by atoms with Crippen LogP contribution in [0.2, 0.25) is 0 Å². The molecule has 0 spiro atoms. The van der Waals surface area contributed by atoms with Crippen molar-refractivity contribution in [2.45, 2.75) is 232 Å². The summed E-state index contributed by atoms with van der Waals surface area (Å²) in [5.41, 5.74) is 8.62. The van der Waals surface area contributed by atoms with Gasteiger partial charge in [-0.15, -0.1) is 0 Å². The number of hydrogen-bond donors (Lipinski definition) is 0. The van der Waals surface area contributed by atoms with Crippen LogP contribution in [0.4, 0.5) is 0 Å². The Hall–Kier alpha value is 2.16. The summed E-state index contributed by atoms with van der Waals surface area (Å²) in [5, 5.41) is 1.02. The second-order valence-electron chi connectivity index (χ2n) is 17.4. The van der Waals surface area contributed by atoms with Crippen LogP contribution >= 0.6 is 54.0 Å². The summed E-state index contributed by atoms with van der Waals surface area (Å²) >= 11 is 4.73. The molecule has 48 heavy (non-hydrogen) atoms. The zero-order valence-corrected chi connectivity index (χ0v) is 38.5. The molecule has 0 nitrogen and oxygen atoms in total. The standard InChI is InChI=1S/C43H72P2.2HI.Ru/c1-8-22-36(23-9-1)43(44(37-24-10-2-11-25-37,38-26-12-3-13-27-38)39-28-14-4-15-29-39)45(40-30-16-5-17-31-40,41-32-18-6-19-33-41)42-34-20-7-21-35-42;;;/h1,8-9,22-23,37-43H,2-7,10-21,24-35H2;2*1H;/q+2;;;+2/p-2. The van der Waals surface area contributed by atoms with Crippen molar-refractivity contribution in [3.05, 3.63) is 35.9 Å². The molecule has 0 heterocycles. The Balaban J connectivity index is 0.00000129. The van der Waals surface area contributed by atoms with Crippen LogP contribution in [0.15, 0.2) is 30.3 Å². The first-order chi connectivity index (χ1) is 23.8. The summed E-state index contributed by atoms with van der Waals surface area (Å²) < 4.78 is 0. The molecular formula is C43H72I2P2Ru+2. The number of hydrogen-bond acceptors (Lipinski definition) is 0. The van der Waals surface area contributed by atoms with E-state index in [0.29, 0.717) is 10.1 Å². The fourth-order valence-corrected chi connectivity index (χ4v) is 34.7. The summed E-state index contributed by atoms with van der Waals surface area (Å²) in [5.74, 6) is 0. The van der Waals surface area contributed by atoms with E-state index in [4.69, 9.17) is 0 Å². The van der Waals surface area contributed by atoms with E-state index in [9.17, 15) is 0 Å². The second kappa shape index (κ2) is 20.7. The Labute approximate surface area is 328 Å². The number of rotatable bonds is 9. The van der Waals surface area contributed by atoms with Gasteiger partial charge in [-0.1, -0.05) is 68.9 Å². The third-order valence-electron chi connectivity index (χ3n) is 15.2. The average Bonchev–Trinajstić information content (AvgIpc) is 3.18. The first-order valence-electron chi connectivity index (χ1n) is 21.4. The third kappa shape index (κ3) is 8.83. The van der Waals surface area contributed by atoms with Gasteiger partial charge in [0.25, 0.3) is 0 Å². The minimum Gasteiger partial charge on any atom is -0.0622 e. The van der Waals surface area contributed by atoms with Gasteiger partial charge in [0.15, 0.2) is 5.40 Å². The van der Waals surface area contributed by atoms with Crippen molar-refractivity contribution in [1.82, 2.24) is 0 Å². The topological polar surface area (TPSA) is 0 Å². The molecule has 6 saturated carbocycles. The molecule has 0 radical (unpaired) electrons. The van der Waals surface area contributed by atoms with Gasteiger partial charge in [0.1, 0.15) is 0 Å². The van der Waals surface area contributed by atoms with E-state index in [1.165, 1.54) is 38.5 Å². The molecule has 1 aromatic carbocycles. The van der Waals surface area contributed by atoms with Crippen molar-refractivity contribution in [1.29, 1.82) is 0 Å². The van der Waals surface area contributed by atoms with Gasteiger partial charge >= 0.3 is 49.6 Å². The monoisotopic (exact) mass is 1010 g/mol. The molecule has 0 atom stereocenters. The molecule has 0 unspecified atom stereocenters. The van der Waals surface area contributed by atoms with Crippen LogP contribution in [-0.4, -0.2) is 34.0 Å². The predicted molar refractivity (Wildman–Crippen MR) is 232 cm³/mol. The average molecular weight is 1010 g/mol. The van der Waals surface area contributed by atoms with E-state index in [1.54, 1.807) is 154 Å².